The molecule has 1 unspecified atom stereocenters. The van der Waals surface area contributed by atoms with E-state index in [1.54, 1.807) is 6.20 Å². The SMILES string of the molecule is CCCOc1c(C)cc(Cl)c(C)c1C(C)Cc1cn[nH]n1. The molecule has 1 atom stereocenters. The lowest BCUT2D eigenvalue weighted by Gasteiger charge is -2.21. The van der Waals surface area contributed by atoms with Gasteiger partial charge in [0.2, 0.25) is 0 Å². The van der Waals surface area contributed by atoms with Crippen LogP contribution >= 0.6 is 11.6 Å². The molecule has 0 fully saturated rings. The predicted molar refractivity (Wildman–Crippen MR) is 85.2 cm³/mol. The van der Waals surface area contributed by atoms with Crippen LogP contribution < -0.4 is 4.74 Å². The Morgan fingerprint density at radius 1 is 1.38 bits per heavy atom. The molecule has 0 aliphatic carbocycles. The standard InChI is InChI=1S/C16H22ClN3O/c1-5-6-21-16-11(3)8-14(17)12(4)15(16)10(2)7-13-9-18-20-19-13/h8-10H,5-7H2,1-4H3,(H,18,19,20). The van der Waals surface area contributed by atoms with E-state index in [1.165, 1.54) is 5.56 Å². The van der Waals surface area contributed by atoms with E-state index in [1.807, 2.05) is 13.0 Å². The summed E-state index contributed by atoms with van der Waals surface area (Å²) in [7, 11) is 0. The molecule has 0 radical (unpaired) electrons. The van der Waals surface area contributed by atoms with Gasteiger partial charge >= 0.3 is 0 Å². The van der Waals surface area contributed by atoms with Crippen molar-refractivity contribution in [1.29, 1.82) is 0 Å². The van der Waals surface area contributed by atoms with E-state index in [2.05, 4.69) is 36.2 Å². The van der Waals surface area contributed by atoms with Gasteiger partial charge in [0.05, 0.1) is 18.5 Å². The van der Waals surface area contributed by atoms with Crippen LogP contribution in [0.25, 0.3) is 0 Å². The summed E-state index contributed by atoms with van der Waals surface area (Å²) in [6, 6.07) is 1.98. The fourth-order valence-electron chi connectivity index (χ4n) is 2.60. The van der Waals surface area contributed by atoms with E-state index in [9.17, 15) is 0 Å². The molecule has 0 amide bonds. The summed E-state index contributed by atoms with van der Waals surface area (Å²) in [5.41, 5.74) is 4.29. The molecular formula is C16H22ClN3O. The Labute approximate surface area is 130 Å². The minimum absolute atomic E-state index is 0.263. The number of benzene rings is 1. The fraction of sp³-hybridized carbons (Fsp3) is 0.500. The lowest BCUT2D eigenvalue weighted by atomic mass is 9.90. The quantitative estimate of drug-likeness (QED) is 0.869. The van der Waals surface area contributed by atoms with Crippen LogP contribution in [0.4, 0.5) is 0 Å². The molecule has 114 valence electrons. The lowest BCUT2D eigenvalue weighted by molar-refractivity contribution is 0.310. The summed E-state index contributed by atoms with van der Waals surface area (Å²) in [6.07, 6.45) is 3.55. The number of nitrogens with zero attached hydrogens (tertiary/aromatic N) is 2. The molecule has 2 aromatic rings. The van der Waals surface area contributed by atoms with Gasteiger partial charge in [-0.15, -0.1) is 0 Å². The van der Waals surface area contributed by atoms with Crippen molar-refractivity contribution in [2.75, 3.05) is 6.61 Å². The van der Waals surface area contributed by atoms with Gasteiger partial charge in [0.15, 0.2) is 0 Å². The highest BCUT2D eigenvalue weighted by molar-refractivity contribution is 6.31. The maximum Gasteiger partial charge on any atom is 0.126 e. The van der Waals surface area contributed by atoms with Crippen LogP contribution in [0.15, 0.2) is 12.3 Å². The van der Waals surface area contributed by atoms with Crippen molar-refractivity contribution in [2.24, 2.45) is 0 Å². The molecule has 1 heterocycles. The summed E-state index contributed by atoms with van der Waals surface area (Å²) in [5.74, 6) is 1.23. The number of hydrogen-bond acceptors (Lipinski definition) is 3. The molecule has 1 aromatic carbocycles. The van der Waals surface area contributed by atoms with Gasteiger partial charge in [0, 0.05) is 10.6 Å². The second-order valence-corrected chi connectivity index (χ2v) is 5.87. The van der Waals surface area contributed by atoms with E-state index in [0.717, 1.165) is 40.4 Å². The van der Waals surface area contributed by atoms with Crippen molar-refractivity contribution in [3.05, 3.63) is 39.7 Å². The molecule has 0 aliphatic rings. The topological polar surface area (TPSA) is 50.8 Å². The number of nitrogens with one attached hydrogen (secondary N) is 1. The first kappa shape index (κ1) is 15.8. The van der Waals surface area contributed by atoms with E-state index < -0.39 is 0 Å². The summed E-state index contributed by atoms with van der Waals surface area (Å²) in [4.78, 5) is 0. The third kappa shape index (κ3) is 3.56. The Bertz CT molecular complexity index is 596. The van der Waals surface area contributed by atoms with Crippen molar-refractivity contribution in [2.45, 2.75) is 46.5 Å². The van der Waals surface area contributed by atoms with Crippen LogP contribution in [-0.4, -0.2) is 22.0 Å². The molecule has 1 aromatic heterocycles. The highest BCUT2D eigenvalue weighted by Gasteiger charge is 2.20. The van der Waals surface area contributed by atoms with Crippen LogP contribution in [0.2, 0.25) is 5.02 Å². The molecule has 5 heteroatoms. The highest BCUT2D eigenvalue weighted by Crippen LogP contribution is 2.38. The molecule has 0 aliphatic heterocycles. The zero-order valence-electron chi connectivity index (χ0n) is 13.0. The molecular weight excluding hydrogens is 286 g/mol. The summed E-state index contributed by atoms with van der Waals surface area (Å²) in [5, 5.41) is 11.4. The van der Waals surface area contributed by atoms with Crippen LogP contribution in [0, 0.1) is 13.8 Å². The zero-order chi connectivity index (χ0) is 15.4. The van der Waals surface area contributed by atoms with Crippen molar-refractivity contribution in [3.63, 3.8) is 0 Å². The van der Waals surface area contributed by atoms with Gasteiger partial charge in [-0.2, -0.15) is 15.4 Å². The molecule has 0 saturated heterocycles. The molecule has 0 bridgehead atoms. The maximum absolute atomic E-state index is 6.36. The van der Waals surface area contributed by atoms with Crippen molar-refractivity contribution < 1.29 is 4.74 Å². The highest BCUT2D eigenvalue weighted by atomic mass is 35.5. The van der Waals surface area contributed by atoms with Gasteiger partial charge in [-0.05, 0) is 49.8 Å². The minimum Gasteiger partial charge on any atom is -0.493 e. The number of aromatic amines is 1. The fourth-order valence-corrected chi connectivity index (χ4v) is 2.87. The molecule has 1 N–H and O–H groups in total. The average Bonchev–Trinajstić information content (AvgIpc) is 2.94. The second-order valence-electron chi connectivity index (χ2n) is 5.46. The molecule has 4 nitrogen and oxygen atoms in total. The Hall–Kier alpha value is -1.55. The van der Waals surface area contributed by atoms with Gasteiger partial charge in [-0.25, -0.2) is 0 Å². The van der Waals surface area contributed by atoms with Gasteiger partial charge in [0.1, 0.15) is 5.75 Å². The van der Waals surface area contributed by atoms with E-state index in [0.29, 0.717) is 6.61 Å². The third-order valence-electron chi connectivity index (χ3n) is 3.63. The van der Waals surface area contributed by atoms with Crippen LogP contribution in [-0.2, 0) is 6.42 Å². The van der Waals surface area contributed by atoms with Crippen LogP contribution in [0.3, 0.4) is 0 Å². The average molecular weight is 308 g/mol. The number of rotatable bonds is 6. The molecule has 0 saturated carbocycles. The Balaban J connectivity index is 2.38. The van der Waals surface area contributed by atoms with E-state index in [-0.39, 0.29) is 5.92 Å². The van der Waals surface area contributed by atoms with Gasteiger partial charge < -0.3 is 4.74 Å². The monoisotopic (exact) mass is 307 g/mol. The normalized spacial score (nSPS) is 12.4. The van der Waals surface area contributed by atoms with Crippen LogP contribution in [0.1, 0.15) is 48.6 Å². The smallest absolute Gasteiger partial charge is 0.126 e. The number of H-pyrrole nitrogens is 1. The summed E-state index contributed by atoms with van der Waals surface area (Å²) >= 11 is 6.36. The van der Waals surface area contributed by atoms with Crippen molar-refractivity contribution in [1.82, 2.24) is 15.4 Å². The number of hydrogen-bond donors (Lipinski definition) is 1. The van der Waals surface area contributed by atoms with Crippen LogP contribution in [0.5, 0.6) is 5.75 Å². The number of aryl methyl sites for hydroxylation is 1. The first-order valence-corrected chi connectivity index (χ1v) is 7.69. The molecule has 2 rings (SSSR count). The Kier molecular flexibility index (Phi) is 5.23. The van der Waals surface area contributed by atoms with Gasteiger partial charge in [0.25, 0.3) is 0 Å². The molecule has 0 spiro atoms. The summed E-state index contributed by atoms with van der Waals surface area (Å²) < 4.78 is 5.99. The third-order valence-corrected chi connectivity index (χ3v) is 4.02. The predicted octanol–water partition coefficient (Wildman–Crippen LogP) is 4.21. The van der Waals surface area contributed by atoms with Gasteiger partial charge in [-0.1, -0.05) is 25.4 Å². The second kappa shape index (κ2) is 6.94. The zero-order valence-corrected chi connectivity index (χ0v) is 13.8. The van der Waals surface area contributed by atoms with Gasteiger partial charge in [-0.3, -0.25) is 0 Å². The van der Waals surface area contributed by atoms with Crippen molar-refractivity contribution in [3.8, 4) is 5.75 Å². The number of ether oxygens (including phenoxy) is 1. The van der Waals surface area contributed by atoms with E-state index in [4.69, 9.17) is 16.3 Å². The lowest BCUT2D eigenvalue weighted by Crippen LogP contribution is -2.08. The minimum atomic E-state index is 0.263. The Morgan fingerprint density at radius 3 is 2.76 bits per heavy atom. The maximum atomic E-state index is 6.36. The Morgan fingerprint density at radius 2 is 2.14 bits per heavy atom. The number of aromatic nitrogens is 3. The first-order chi connectivity index (χ1) is 10.0. The van der Waals surface area contributed by atoms with Crippen molar-refractivity contribution >= 4 is 11.6 Å². The summed E-state index contributed by atoms with van der Waals surface area (Å²) in [6.45, 7) is 9.09. The largest absolute Gasteiger partial charge is 0.493 e. The molecule has 21 heavy (non-hydrogen) atoms. The van der Waals surface area contributed by atoms with E-state index >= 15 is 0 Å². The number of halogens is 1. The first-order valence-electron chi connectivity index (χ1n) is 7.31.